The van der Waals surface area contributed by atoms with Gasteiger partial charge in [-0.05, 0) is 31.4 Å². The van der Waals surface area contributed by atoms with Gasteiger partial charge in [0.05, 0.1) is 16.0 Å². The van der Waals surface area contributed by atoms with Crippen molar-refractivity contribution >= 4 is 11.3 Å². The summed E-state index contributed by atoms with van der Waals surface area (Å²) in [6.07, 6.45) is 5.12. The van der Waals surface area contributed by atoms with E-state index in [2.05, 4.69) is 16.0 Å². The molecule has 2 aromatic heterocycles. The molecule has 0 saturated heterocycles. The molecule has 1 N–H and O–H groups in total. The van der Waals surface area contributed by atoms with Crippen LogP contribution in [-0.4, -0.2) is 15.1 Å². The highest BCUT2D eigenvalue weighted by Gasteiger charge is 2.31. The van der Waals surface area contributed by atoms with Crippen LogP contribution in [0.3, 0.4) is 0 Å². The van der Waals surface area contributed by atoms with Crippen molar-refractivity contribution in [3.63, 3.8) is 0 Å². The van der Waals surface area contributed by atoms with Crippen molar-refractivity contribution in [2.45, 2.75) is 31.8 Å². The molecule has 2 unspecified atom stereocenters. The van der Waals surface area contributed by atoms with E-state index >= 15 is 0 Å². The van der Waals surface area contributed by atoms with E-state index in [-0.39, 0.29) is 5.92 Å². The summed E-state index contributed by atoms with van der Waals surface area (Å²) < 4.78 is 0. The zero-order valence-electron chi connectivity index (χ0n) is 9.63. The van der Waals surface area contributed by atoms with Crippen molar-refractivity contribution in [1.29, 1.82) is 0 Å². The number of aromatic nitrogens is 2. The highest BCUT2D eigenvalue weighted by molar-refractivity contribution is 7.11. The van der Waals surface area contributed by atoms with Crippen LogP contribution in [0.2, 0.25) is 0 Å². The molecule has 3 rings (SSSR count). The molecule has 88 valence electrons. The Morgan fingerprint density at radius 1 is 1.47 bits per heavy atom. The number of fused-ring (bicyclic) bond motifs is 1. The van der Waals surface area contributed by atoms with Gasteiger partial charge >= 0.3 is 0 Å². The van der Waals surface area contributed by atoms with Crippen LogP contribution in [0, 0.1) is 6.92 Å². The molecule has 1 aliphatic carbocycles. The second kappa shape index (κ2) is 4.20. The van der Waals surface area contributed by atoms with Crippen molar-refractivity contribution in [2.24, 2.45) is 0 Å². The summed E-state index contributed by atoms with van der Waals surface area (Å²) in [6, 6.07) is 4.07. The molecule has 0 fully saturated rings. The molecule has 2 heterocycles. The van der Waals surface area contributed by atoms with Crippen LogP contribution in [0.15, 0.2) is 24.5 Å². The Labute approximate surface area is 104 Å². The van der Waals surface area contributed by atoms with Crippen molar-refractivity contribution in [3.05, 3.63) is 45.7 Å². The molecular weight excluding hydrogens is 232 g/mol. The van der Waals surface area contributed by atoms with Gasteiger partial charge in [-0.15, -0.1) is 11.3 Å². The molecule has 2 aromatic rings. The molecular formula is C13H14N2OS. The maximum atomic E-state index is 10.4. The summed E-state index contributed by atoms with van der Waals surface area (Å²) in [7, 11) is 0. The molecule has 4 heteroatoms. The minimum atomic E-state index is -0.461. The van der Waals surface area contributed by atoms with Gasteiger partial charge in [-0.2, -0.15) is 0 Å². The fraction of sp³-hybridized carbons (Fsp3) is 0.385. The first kappa shape index (κ1) is 10.9. The van der Waals surface area contributed by atoms with Gasteiger partial charge in [0.15, 0.2) is 0 Å². The predicted molar refractivity (Wildman–Crippen MR) is 67.1 cm³/mol. The zero-order valence-corrected chi connectivity index (χ0v) is 10.4. The lowest BCUT2D eigenvalue weighted by atomic mass is 9.99. The van der Waals surface area contributed by atoms with Crippen molar-refractivity contribution in [2.75, 3.05) is 0 Å². The van der Waals surface area contributed by atoms with E-state index in [9.17, 15) is 5.11 Å². The monoisotopic (exact) mass is 246 g/mol. The third kappa shape index (κ3) is 1.87. The summed E-state index contributed by atoms with van der Waals surface area (Å²) in [5.74, 6) is 0.131. The number of aryl methyl sites for hydroxylation is 2. The maximum Gasteiger partial charge on any atom is 0.0981 e. The fourth-order valence-corrected chi connectivity index (χ4v) is 3.30. The Morgan fingerprint density at radius 2 is 2.35 bits per heavy atom. The molecule has 0 aliphatic heterocycles. The van der Waals surface area contributed by atoms with Gasteiger partial charge in [-0.3, -0.25) is 4.98 Å². The molecule has 1 aliphatic rings. The average molecular weight is 246 g/mol. The number of pyridine rings is 1. The predicted octanol–water partition coefficient (Wildman–Crippen LogP) is 2.61. The molecule has 0 saturated carbocycles. The quantitative estimate of drug-likeness (QED) is 0.886. The molecule has 0 amide bonds. The first-order valence-corrected chi connectivity index (χ1v) is 6.61. The van der Waals surface area contributed by atoms with Gasteiger partial charge in [0.25, 0.3) is 0 Å². The van der Waals surface area contributed by atoms with Crippen molar-refractivity contribution in [3.8, 4) is 0 Å². The standard InChI is InChI=1S/C13H14N2OS/c1-8-15-7-11(17-8)13(16)10-5-4-9-3-2-6-14-12(9)10/h2-3,6-7,10,13,16H,4-5H2,1H3. The van der Waals surface area contributed by atoms with E-state index in [1.54, 1.807) is 17.5 Å². The lowest BCUT2D eigenvalue weighted by Gasteiger charge is -2.16. The highest BCUT2D eigenvalue weighted by atomic mass is 32.1. The lowest BCUT2D eigenvalue weighted by Crippen LogP contribution is -2.07. The van der Waals surface area contributed by atoms with Gasteiger partial charge in [-0.25, -0.2) is 4.98 Å². The Balaban J connectivity index is 1.92. The van der Waals surface area contributed by atoms with Crippen LogP contribution >= 0.6 is 11.3 Å². The number of hydrogen-bond acceptors (Lipinski definition) is 4. The van der Waals surface area contributed by atoms with Gasteiger partial charge < -0.3 is 5.11 Å². The van der Waals surface area contributed by atoms with E-state index in [1.807, 2.05) is 19.2 Å². The Kier molecular flexibility index (Phi) is 2.68. The molecule has 0 aromatic carbocycles. The van der Waals surface area contributed by atoms with E-state index in [0.29, 0.717) is 0 Å². The average Bonchev–Trinajstić information content (AvgIpc) is 2.94. The SMILES string of the molecule is Cc1ncc(C(O)C2CCc3cccnc32)s1. The summed E-state index contributed by atoms with van der Waals surface area (Å²) in [6.45, 7) is 1.96. The number of aliphatic hydroxyl groups is 1. The summed E-state index contributed by atoms with van der Waals surface area (Å²) >= 11 is 1.57. The first-order chi connectivity index (χ1) is 8.25. The topological polar surface area (TPSA) is 46.0 Å². The molecule has 0 radical (unpaired) electrons. The summed E-state index contributed by atoms with van der Waals surface area (Å²) in [5.41, 5.74) is 2.34. The van der Waals surface area contributed by atoms with Crippen LogP contribution in [-0.2, 0) is 6.42 Å². The Morgan fingerprint density at radius 3 is 3.12 bits per heavy atom. The van der Waals surface area contributed by atoms with Gasteiger partial charge in [-0.1, -0.05) is 6.07 Å². The van der Waals surface area contributed by atoms with Crippen LogP contribution in [0.1, 0.15) is 39.6 Å². The van der Waals surface area contributed by atoms with E-state index in [4.69, 9.17) is 0 Å². The lowest BCUT2D eigenvalue weighted by molar-refractivity contribution is 0.146. The van der Waals surface area contributed by atoms with Crippen LogP contribution < -0.4 is 0 Å². The van der Waals surface area contributed by atoms with E-state index in [0.717, 1.165) is 28.4 Å². The summed E-state index contributed by atoms with van der Waals surface area (Å²) in [5, 5.41) is 11.4. The van der Waals surface area contributed by atoms with Crippen molar-refractivity contribution in [1.82, 2.24) is 9.97 Å². The van der Waals surface area contributed by atoms with E-state index in [1.165, 1.54) is 5.56 Å². The van der Waals surface area contributed by atoms with Crippen molar-refractivity contribution < 1.29 is 5.11 Å². The second-order valence-electron chi connectivity index (χ2n) is 4.42. The zero-order chi connectivity index (χ0) is 11.8. The number of aliphatic hydroxyl groups excluding tert-OH is 1. The number of hydrogen-bond donors (Lipinski definition) is 1. The number of rotatable bonds is 2. The van der Waals surface area contributed by atoms with Crippen LogP contribution in [0.25, 0.3) is 0 Å². The third-order valence-corrected chi connectivity index (χ3v) is 4.30. The Bertz CT molecular complexity index is 538. The molecule has 17 heavy (non-hydrogen) atoms. The minimum Gasteiger partial charge on any atom is -0.387 e. The number of thiazole rings is 1. The molecule has 0 bridgehead atoms. The normalized spacial score (nSPS) is 20.2. The Hall–Kier alpha value is -1.26. The van der Waals surface area contributed by atoms with Gasteiger partial charge in [0.1, 0.15) is 0 Å². The highest BCUT2D eigenvalue weighted by Crippen LogP contribution is 2.41. The smallest absolute Gasteiger partial charge is 0.0981 e. The molecule has 0 spiro atoms. The maximum absolute atomic E-state index is 10.4. The summed E-state index contributed by atoms with van der Waals surface area (Å²) in [4.78, 5) is 9.57. The number of nitrogens with zero attached hydrogens (tertiary/aromatic N) is 2. The van der Waals surface area contributed by atoms with E-state index < -0.39 is 6.10 Å². The molecule has 2 atom stereocenters. The van der Waals surface area contributed by atoms with Gasteiger partial charge in [0.2, 0.25) is 0 Å². The second-order valence-corrected chi connectivity index (χ2v) is 5.69. The molecule has 3 nitrogen and oxygen atoms in total. The third-order valence-electron chi connectivity index (χ3n) is 3.31. The first-order valence-electron chi connectivity index (χ1n) is 5.80. The largest absolute Gasteiger partial charge is 0.387 e. The van der Waals surface area contributed by atoms with Crippen LogP contribution in [0.4, 0.5) is 0 Å². The van der Waals surface area contributed by atoms with Gasteiger partial charge in [0, 0.05) is 24.0 Å². The van der Waals surface area contributed by atoms with Crippen LogP contribution in [0.5, 0.6) is 0 Å². The minimum absolute atomic E-state index is 0.131. The fourth-order valence-electron chi connectivity index (χ4n) is 2.46.